The van der Waals surface area contributed by atoms with Gasteiger partial charge in [-0.15, -0.1) is 10.2 Å². The van der Waals surface area contributed by atoms with Crippen LogP contribution in [0.15, 0.2) is 0 Å². The van der Waals surface area contributed by atoms with Gasteiger partial charge in [0.05, 0.1) is 0 Å². The summed E-state index contributed by atoms with van der Waals surface area (Å²) in [6.45, 7) is 2.51. The van der Waals surface area contributed by atoms with Crippen molar-refractivity contribution in [3.8, 4) is 0 Å². The van der Waals surface area contributed by atoms with E-state index in [1.54, 1.807) is 0 Å². The molecular formula is C11H18F2N4O2S. The van der Waals surface area contributed by atoms with Crippen LogP contribution in [0.3, 0.4) is 0 Å². The van der Waals surface area contributed by atoms with Crippen LogP contribution in [0.25, 0.3) is 0 Å². The Balaban J connectivity index is 2.38. The summed E-state index contributed by atoms with van der Waals surface area (Å²) in [5.74, 6) is 0.196. The van der Waals surface area contributed by atoms with E-state index < -0.39 is 17.5 Å². The summed E-state index contributed by atoms with van der Waals surface area (Å²) in [6, 6.07) is -0.513. The number of amides is 2. The molecule has 0 radical (unpaired) electrons. The van der Waals surface area contributed by atoms with E-state index in [4.69, 9.17) is 5.11 Å². The first-order chi connectivity index (χ1) is 9.56. The van der Waals surface area contributed by atoms with Crippen molar-refractivity contribution in [2.24, 2.45) is 5.92 Å². The number of alkyl halides is 2. The summed E-state index contributed by atoms with van der Waals surface area (Å²) in [4.78, 5) is 11.6. The van der Waals surface area contributed by atoms with Crippen LogP contribution in [0.5, 0.6) is 0 Å². The van der Waals surface area contributed by atoms with E-state index >= 15 is 0 Å². The lowest BCUT2D eigenvalue weighted by Crippen LogP contribution is -2.33. The number of aromatic nitrogens is 2. The maximum Gasteiger partial charge on any atom is 0.321 e. The van der Waals surface area contributed by atoms with Crippen LogP contribution in [0.1, 0.15) is 37.6 Å². The lowest BCUT2D eigenvalue weighted by Gasteiger charge is -2.15. The Morgan fingerprint density at radius 2 is 2.15 bits per heavy atom. The van der Waals surface area contributed by atoms with Crippen molar-refractivity contribution in [3.63, 3.8) is 0 Å². The van der Waals surface area contributed by atoms with Crippen molar-refractivity contribution in [1.82, 2.24) is 15.5 Å². The first-order valence-electron chi connectivity index (χ1n) is 6.34. The molecule has 114 valence electrons. The van der Waals surface area contributed by atoms with Crippen LogP contribution in [-0.4, -0.2) is 34.5 Å². The standard InChI is InChI=1S/C11H18F2N4O2S/c1-2-3-7(4-5-18)6-14-10(19)15-11-17-16-9(20-11)8(12)13/h7-8,18H,2-6H2,1H3,(H2,14,15,17,19). The summed E-state index contributed by atoms with van der Waals surface area (Å²) in [7, 11) is 0. The largest absolute Gasteiger partial charge is 0.396 e. The zero-order chi connectivity index (χ0) is 15.0. The topological polar surface area (TPSA) is 87.1 Å². The minimum atomic E-state index is -2.69. The van der Waals surface area contributed by atoms with Gasteiger partial charge in [0.25, 0.3) is 6.43 Å². The fourth-order valence-electron chi connectivity index (χ4n) is 1.69. The molecule has 0 fully saturated rings. The minimum Gasteiger partial charge on any atom is -0.396 e. The predicted octanol–water partition coefficient (Wildman–Crippen LogP) is 2.40. The van der Waals surface area contributed by atoms with Gasteiger partial charge >= 0.3 is 6.03 Å². The third-order valence-corrected chi connectivity index (χ3v) is 3.48. The fourth-order valence-corrected chi connectivity index (χ4v) is 2.29. The lowest BCUT2D eigenvalue weighted by atomic mass is 10.0. The predicted molar refractivity (Wildman–Crippen MR) is 72.0 cm³/mol. The Bertz CT molecular complexity index is 411. The second-order valence-corrected chi connectivity index (χ2v) is 5.26. The fraction of sp³-hybridized carbons (Fsp3) is 0.727. The van der Waals surface area contributed by atoms with Gasteiger partial charge in [-0.1, -0.05) is 24.7 Å². The number of nitrogens with zero attached hydrogens (tertiary/aromatic N) is 2. The first kappa shape index (κ1) is 16.7. The van der Waals surface area contributed by atoms with Crippen molar-refractivity contribution >= 4 is 22.5 Å². The molecule has 20 heavy (non-hydrogen) atoms. The Kier molecular flexibility index (Phi) is 7.31. The highest BCUT2D eigenvalue weighted by atomic mass is 32.1. The highest BCUT2D eigenvalue weighted by Gasteiger charge is 2.15. The first-order valence-corrected chi connectivity index (χ1v) is 7.15. The Hall–Kier alpha value is -1.35. The normalized spacial score (nSPS) is 12.4. The molecule has 0 aliphatic heterocycles. The number of urea groups is 1. The third-order valence-electron chi connectivity index (χ3n) is 2.63. The number of nitrogens with one attached hydrogen (secondary N) is 2. The van der Waals surface area contributed by atoms with Gasteiger partial charge in [-0.2, -0.15) is 0 Å². The molecule has 0 saturated carbocycles. The number of hydrogen-bond acceptors (Lipinski definition) is 5. The lowest BCUT2D eigenvalue weighted by molar-refractivity contribution is 0.150. The van der Waals surface area contributed by atoms with Gasteiger partial charge in [0.15, 0.2) is 5.01 Å². The van der Waals surface area contributed by atoms with Crippen molar-refractivity contribution < 1.29 is 18.7 Å². The van der Waals surface area contributed by atoms with Crippen LogP contribution in [0.2, 0.25) is 0 Å². The molecule has 1 atom stereocenters. The monoisotopic (exact) mass is 308 g/mol. The van der Waals surface area contributed by atoms with Crippen LogP contribution < -0.4 is 10.6 Å². The summed E-state index contributed by atoms with van der Waals surface area (Å²) in [5.41, 5.74) is 0. The number of hydrogen-bond donors (Lipinski definition) is 3. The average molecular weight is 308 g/mol. The molecule has 0 aliphatic rings. The number of carbonyl (C=O) groups is 1. The molecule has 1 heterocycles. The molecule has 0 bridgehead atoms. The van der Waals surface area contributed by atoms with Crippen molar-refractivity contribution in [2.75, 3.05) is 18.5 Å². The van der Waals surface area contributed by atoms with Crippen LogP contribution in [-0.2, 0) is 0 Å². The minimum absolute atomic E-state index is 0.0343. The number of aliphatic hydroxyl groups excluding tert-OH is 1. The molecule has 0 aliphatic carbocycles. The molecule has 1 aromatic heterocycles. The number of anilines is 1. The quantitative estimate of drug-likeness (QED) is 0.688. The number of rotatable bonds is 8. The van der Waals surface area contributed by atoms with Crippen molar-refractivity contribution in [1.29, 1.82) is 0 Å². The maximum absolute atomic E-state index is 12.3. The van der Waals surface area contributed by atoms with Crippen LogP contribution in [0.4, 0.5) is 18.7 Å². The van der Waals surface area contributed by atoms with Gasteiger partial charge in [0.1, 0.15) is 0 Å². The van der Waals surface area contributed by atoms with E-state index in [1.165, 1.54) is 0 Å². The summed E-state index contributed by atoms with van der Waals surface area (Å²) in [5, 5.41) is 20.2. The molecule has 3 N–H and O–H groups in total. The number of halogens is 2. The highest BCUT2D eigenvalue weighted by molar-refractivity contribution is 7.15. The van der Waals surface area contributed by atoms with E-state index in [9.17, 15) is 13.6 Å². The van der Waals surface area contributed by atoms with Crippen LogP contribution >= 0.6 is 11.3 Å². The van der Waals surface area contributed by atoms with Gasteiger partial charge in [-0.3, -0.25) is 5.32 Å². The van der Waals surface area contributed by atoms with Gasteiger partial charge in [-0.25, -0.2) is 13.6 Å². The molecule has 2 amide bonds. The summed E-state index contributed by atoms with van der Waals surface area (Å²) in [6.07, 6.45) is -0.218. The van der Waals surface area contributed by atoms with E-state index in [-0.39, 0.29) is 17.7 Å². The van der Waals surface area contributed by atoms with Gasteiger partial charge in [0.2, 0.25) is 5.13 Å². The zero-order valence-corrected chi connectivity index (χ0v) is 11.9. The molecule has 1 unspecified atom stereocenters. The SMILES string of the molecule is CCCC(CCO)CNC(=O)Nc1nnc(C(F)F)s1. The van der Waals surface area contributed by atoms with Crippen LogP contribution in [0, 0.1) is 5.92 Å². The van der Waals surface area contributed by atoms with Crippen molar-refractivity contribution in [2.45, 2.75) is 32.6 Å². The molecule has 0 spiro atoms. The number of aliphatic hydroxyl groups is 1. The van der Waals surface area contributed by atoms with E-state index in [1.807, 2.05) is 6.92 Å². The van der Waals surface area contributed by atoms with Gasteiger partial charge in [-0.05, 0) is 18.8 Å². The zero-order valence-electron chi connectivity index (χ0n) is 11.1. The third kappa shape index (κ3) is 5.74. The molecule has 0 saturated heterocycles. The molecule has 1 aromatic rings. The molecule has 1 rings (SSSR count). The molecule has 6 nitrogen and oxygen atoms in total. The molecule has 9 heteroatoms. The molecular weight excluding hydrogens is 290 g/mol. The Morgan fingerprint density at radius 1 is 1.40 bits per heavy atom. The van der Waals surface area contributed by atoms with E-state index in [2.05, 4.69) is 20.8 Å². The van der Waals surface area contributed by atoms with Crippen molar-refractivity contribution in [3.05, 3.63) is 5.01 Å². The van der Waals surface area contributed by atoms with E-state index in [0.717, 1.165) is 12.8 Å². The molecule has 0 aromatic carbocycles. The Morgan fingerprint density at radius 3 is 2.70 bits per heavy atom. The summed E-state index contributed by atoms with van der Waals surface area (Å²) >= 11 is 0.640. The van der Waals surface area contributed by atoms with E-state index in [0.29, 0.717) is 24.3 Å². The smallest absolute Gasteiger partial charge is 0.321 e. The highest BCUT2D eigenvalue weighted by Crippen LogP contribution is 2.24. The van der Waals surface area contributed by atoms with Gasteiger partial charge < -0.3 is 10.4 Å². The summed E-state index contributed by atoms with van der Waals surface area (Å²) < 4.78 is 24.6. The second kappa shape index (κ2) is 8.75. The second-order valence-electron chi connectivity index (χ2n) is 4.25. The van der Waals surface area contributed by atoms with Gasteiger partial charge in [0, 0.05) is 13.2 Å². The Labute approximate surface area is 119 Å². The maximum atomic E-state index is 12.3. The average Bonchev–Trinajstić information content (AvgIpc) is 2.85. The number of carbonyl (C=O) groups excluding carboxylic acids is 1.